The Balaban J connectivity index is 1.64. The number of anilines is 1. The minimum Gasteiger partial charge on any atom is -0.494 e. The number of hydrogen-bond acceptors (Lipinski definition) is 5. The molecule has 0 aliphatic carbocycles. The number of nitrogens with one attached hydrogen (secondary N) is 1. The van der Waals surface area contributed by atoms with Crippen LogP contribution in [0.3, 0.4) is 0 Å². The van der Waals surface area contributed by atoms with Gasteiger partial charge in [-0.25, -0.2) is 4.98 Å². The Morgan fingerprint density at radius 2 is 2.15 bits per heavy atom. The van der Waals surface area contributed by atoms with E-state index in [0.717, 1.165) is 11.3 Å². The summed E-state index contributed by atoms with van der Waals surface area (Å²) >= 11 is 6.31. The molecule has 138 valence electrons. The summed E-state index contributed by atoms with van der Waals surface area (Å²) in [6.45, 7) is 5.45. The number of amides is 1. The van der Waals surface area contributed by atoms with Crippen molar-refractivity contribution in [2.24, 2.45) is 0 Å². The summed E-state index contributed by atoms with van der Waals surface area (Å²) < 4.78 is 10.8. The van der Waals surface area contributed by atoms with Crippen molar-refractivity contribution in [3.05, 3.63) is 52.7 Å². The number of nitrogens with zero attached hydrogens (tertiary/aromatic N) is 2. The molecule has 26 heavy (non-hydrogen) atoms. The SMILES string of the molecule is CCOc1cccc(CNc2ncc(C(=O)N3CCOCC3)cc2Cl)c1. The van der Waals surface area contributed by atoms with Crippen molar-refractivity contribution < 1.29 is 14.3 Å². The number of hydrogen-bond donors (Lipinski definition) is 1. The fourth-order valence-electron chi connectivity index (χ4n) is 2.73. The van der Waals surface area contributed by atoms with Gasteiger partial charge in [0.05, 0.1) is 30.4 Å². The summed E-state index contributed by atoms with van der Waals surface area (Å²) in [6.07, 6.45) is 1.56. The Morgan fingerprint density at radius 1 is 1.35 bits per heavy atom. The maximum Gasteiger partial charge on any atom is 0.255 e. The van der Waals surface area contributed by atoms with Gasteiger partial charge in [0.2, 0.25) is 0 Å². The smallest absolute Gasteiger partial charge is 0.255 e. The quantitative estimate of drug-likeness (QED) is 0.839. The van der Waals surface area contributed by atoms with Gasteiger partial charge < -0.3 is 19.7 Å². The van der Waals surface area contributed by atoms with Crippen LogP contribution in [0, 0.1) is 0 Å². The molecule has 1 N–H and O–H groups in total. The summed E-state index contributed by atoms with van der Waals surface area (Å²) in [4.78, 5) is 18.5. The Kier molecular flexibility index (Phi) is 6.30. The summed E-state index contributed by atoms with van der Waals surface area (Å²) in [5.74, 6) is 1.31. The molecular formula is C19H22ClN3O3. The highest BCUT2D eigenvalue weighted by atomic mass is 35.5. The van der Waals surface area contributed by atoms with Crippen molar-refractivity contribution in [3.8, 4) is 5.75 Å². The lowest BCUT2D eigenvalue weighted by Crippen LogP contribution is -2.40. The third-order valence-corrected chi connectivity index (χ3v) is 4.34. The molecule has 1 saturated heterocycles. The molecule has 0 unspecified atom stereocenters. The van der Waals surface area contributed by atoms with Crippen molar-refractivity contribution in [2.45, 2.75) is 13.5 Å². The van der Waals surface area contributed by atoms with Crippen LogP contribution in [0.2, 0.25) is 5.02 Å². The van der Waals surface area contributed by atoms with E-state index in [1.807, 2.05) is 31.2 Å². The molecule has 0 spiro atoms. The van der Waals surface area contributed by atoms with Crippen molar-refractivity contribution in [3.63, 3.8) is 0 Å². The predicted octanol–water partition coefficient (Wildman–Crippen LogP) is 3.22. The van der Waals surface area contributed by atoms with Crippen molar-refractivity contribution in [1.82, 2.24) is 9.88 Å². The number of rotatable bonds is 6. The Labute approximate surface area is 158 Å². The van der Waals surface area contributed by atoms with Crippen LogP contribution in [0.25, 0.3) is 0 Å². The molecule has 0 radical (unpaired) electrons. The number of halogens is 1. The summed E-state index contributed by atoms with van der Waals surface area (Å²) in [5.41, 5.74) is 1.54. The van der Waals surface area contributed by atoms with Crippen LogP contribution in [0.1, 0.15) is 22.8 Å². The summed E-state index contributed by atoms with van der Waals surface area (Å²) in [6, 6.07) is 9.50. The number of pyridine rings is 1. The van der Waals surface area contributed by atoms with Crippen LogP contribution >= 0.6 is 11.6 Å². The molecule has 0 saturated carbocycles. The number of ether oxygens (including phenoxy) is 2. The van der Waals surface area contributed by atoms with Crippen LogP contribution < -0.4 is 10.1 Å². The maximum atomic E-state index is 12.5. The highest BCUT2D eigenvalue weighted by Crippen LogP contribution is 2.22. The van der Waals surface area contributed by atoms with Gasteiger partial charge in [0.25, 0.3) is 5.91 Å². The largest absolute Gasteiger partial charge is 0.494 e. The third kappa shape index (κ3) is 4.65. The van der Waals surface area contributed by atoms with E-state index in [0.29, 0.717) is 55.9 Å². The first kappa shape index (κ1) is 18.5. The predicted molar refractivity (Wildman–Crippen MR) is 101 cm³/mol. The lowest BCUT2D eigenvalue weighted by atomic mass is 10.2. The first-order valence-corrected chi connectivity index (χ1v) is 9.03. The second-order valence-corrected chi connectivity index (χ2v) is 6.30. The number of carbonyl (C=O) groups is 1. The summed E-state index contributed by atoms with van der Waals surface area (Å²) in [5, 5.41) is 3.62. The molecule has 7 heteroatoms. The highest BCUT2D eigenvalue weighted by Gasteiger charge is 2.19. The molecule has 1 fully saturated rings. The number of morpholine rings is 1. The average Bonchev–Trinajstić information content (AvgIpc) is 2.68. The van der Waals surface area contributed by atoms with E-state index < -0.39 is 0 Å². The zero-order chi connectivity index (χ0) is 18.4. The molecule has 2 heterocycles. The van der Waals surface area contributed by atoms with Gasteiger partial charge in [-0.15, -0.1) is 0 Å². The zero-order valence-corrected chi connectivity index (χ0v) is 15.5. The van der Waals surface area contributed by atoms with Crippen LogP contribution in [0.4, 0.5) is 5.82 Å². The van der Waals surface area contributed by atoms with Crippen molar-refractivity contribution >= 4 is 23.3 Å². The average molecular weight is 376 g/mol. The number of aromatic nitrogens is 1. The Morgan fingerprint density at radius 3 is 2.88 bits per heavy atom. The minimum atomic E-state index is -0.0707. The third-order valence-electron chi connectivity index (χ3n) is 4.06. The van der Waals surface area contributed by atoms with Crippen molar-refractivity contribution in [1.29, 1.82) is 0 Å². The van der Waals surface area contributed by atoms with Gasteiger partial charge >= 0.3 is 0 Å². The molecule has 1 aromatic carbocycles. The second-order valence-electron chi connectivity index (χ2n) is 5.89. The topological polar surface area (TPSA) is 63.7 Å². The van der Waals surface area contributed by atoms with E-state index >= 15 is 0 Å². The molecular weight excluding hydrogens is 354 g/mol. The van der Waals surface area contributed by atoms with Crippen LogP contribution in [0.5, 0.6) is 5.75 Å². The van der Waals surface area contributed by atoms with Crippen LogP contribution in [-0.4, -0.2) is 48.7 Å². The standard InChI is InChI=1S/C19H22ClN3O3/c1-2-26-16-5-3-4-14(10-16)12-21-18-17(20)11-15(13-22-18)19(24)23-6-8-25-9-7-23/h3-5,10-11,13H,2,6-9,12H2,1H3,(H,21,22). The fourth-order valence-corrected chi connectivity index (χ4v) is 2.96. The molecule has 2 aromatic rings. The van der Waals surface area contributed by atoms with Gasteiger partial charge in [-0.3, -0.25) is 4.79 Å². The van der Waals surface area contributed by atoms with Gasteiger partial charge in [-0.05, 0) is 30.7 Å². The van der Waals surface area contributed by atoms with Crippen LogP contribution in [-0.2, 0) is 11.3 Å². The number of carbonyl (C=O) groups excluding carboxylic acids is 1. The first-order chi connectivity index (χ1) is 12.7. The molecule has 3 rings (SSSR count). The van der Waals surface area contributed by atoms with Crippen LogP contribution in [0.15, 0.2) is 36.5 Å². The van der Waals surface area contributed by atoms with E-state index in [4.69, 9.17) is 21.1 Å². The fraction of sp³-hybridized carbons (Fsp3) is 0.368. The Bertz CT molecular complexity index is 763. The lowest BCUT2D eigenvalue weighted by molar-refractivity contribution is 0.0302. The lowest BCUT2D eigenvalue weighted by Gasteiger charge is -2.26. The molecule has 0 atom stereocenters. The zero-order valence-electron chi connectivity index (χ0n) is 14.7. The minimum absolute atomic E-state index is 0.0707. The molecule has 1 aliphatic rings. The maximum absolute atomic E-state index is 12.5. The van der Waals surface area contributed by atoms with E-state index in [-0.39, 0.29) is 5.91 Å². The molecule has 0 bridgehead atoms. The van der Waals surface area contributed by atoms with Gasteiger partial charge in [0, 0.05) is 25.8 Å². The number of benzene rings is 1. The Hall–Kier alpha value is -2.31. The van der Waals surface area contributed by atoms with Gasteiger partial charge in [0.1, 0.15) is 11.6 Å². The first-order valence-electron chi connectivity index (χ1n) is 8.65. The summed E-state index contributed by atoms with van der Waals surface area (Å²) in [7, 11) is 0. The molecule has 1 aliphatic heterocycles. The normalized spacial score (nSPS) is 14.2. The van der Waals surface area contributed by atoms with Gasteiger partial charge in [-0.1, -0.05) is 23.7 Å². The van der Waals surface area contributed by atoms with E-state index in [1.54, 1.807) is 17.2 Å². The highest BCUT2D eigenvalue weighted by molar-refractivity contribution is 6.33. The molecule has 1 amide bonds. The molecule has 6 nitrogen and oxygen atoms in total. The molecule has 1 aromatic heterocycles. The van der Waals surface area contributed by atoms with Crippen molar-refractivity contribution in [2.75, 3.05) is 38.2 Å². The second kappa shape index (κ2) is 8.87. The van der Waals surface area contributed by atoms with E-state index in [2.05, 4.69) is 10.3 Å². The van der Waals surface area contributed by atoms with Gasteiger partial charge in [0.15, 0.2) is 0 Å². The monoisotopic (exact) mass is 375 g/mol. The van der Waals surface area contributed by atoms with E-state index in [1.165, 1.54) is 0 Å². The van der Waals surface area contributed by atoms with Gasteiger partial charge in [-0.2, -0.15) is 0 Å². The van der Waals surface area contributed by atoms with E-state index in [9.17, 15) is 4.79 Å².